The van der Waals surface area contributed by atoms with Crippen molar-refractivity contribution in [3.8, 4) is 11.5 Å². The summed E-state index contributed by atoms with van der Waals surface area (Å²) in [4.78, 5) is 18.0. The van der Waals surface area contributed by atoms with Gasteiger partial charge in [-0.15, -0.1) is 0 Å². The monoisotopic (exact) mass is 417 g/mol. The van der Waals surface area contributed by atoms with E-state index < -0.39 is 6.04 Å². The van der Waals surface area contributed by atoms with Gasteiger partial charge in [-0.05, 0) is 36.8 Å². The Labute approximate surface area is 179 Å². The molecule has 0 aliphatic carbocycles. The number of nitrogens with zero attached hydrogens (tertiary/aromatic N) is 3. The van der Waals surface area contributed by atoms with Crippen LogP contribution in [0, 0.1) is 0 Å². The predicted octanol–water partition coefficient (Wildman–Crippen LogP) is 3.54. The fraction of sp³-hybridized carbons (Fsp3) is 0.261. The van der Waals surface area contributed by atoms with Crippen molar-refractivity contribution >= 4 is 17.5 Å². The van der Waals surface area contributed by atoms with Gasteiger partial charge in [-0.25, -0.2) is 4.68 Å². The van der Waals surface area contributed by atoms with Gasteiger partial charge >= 0.3 is 0 Å². The molecule has 1 unspecified atom stereocenters. The fourth-order valence-corrected chi connectivity index (χ4v) is 3.90. The van der Waals surface area contributed by atoms with Crippen molar-refractivity contribution < 1.29 is 14.3 Å². The molecule has 3 aromatic rings. The number of nitrogens with one attached hydrogen (secondary N) is 2. The molecule has 2 aromatic carbocycles. The minimum atomic E-state index is -0.455. The minimum Gasteiger partial charge on any atom is -0.486 e. The molecule has 1 aromatic heterocycles. The van der Waals surface area contributed by atoms with E-state index in [9.17, 15) is 4.79 Å². The quantitative estimate of drug-likeness (QED) is 0.675. The number of hydrogen-bond acceptors (Lipinski definition) is 6. The molecule has 1 atom stereocenters. The lowest BCUT2D eigenvalue weighted by atomic mass is 9.94. The van der Waals surface area contributed by atoms with E-state index in [1.165, 1.54) is 0 Å². The molecule has 31 heavy (non-hydrogen) atoms. The SMILES string of the molecule is CCc1nc2n(n1)C(c1ccc3c(c1)OCCO3)C(C(=O)Nc1ccccc1)=C(C)N2. The van der Waals surface area contributed by atoms with Crippen LogP contribution in [0.25, 0.3) is 0 Å². The number of fused-ring (bicyclic) bond motifs is 2. The first-order valence-electron chi connectivity index (χ1n) is 10.3. The summed E-state index contributed by atoms with van der Waals surface area (Å²) >= 11 is 0. The molecule has 158 valence electrons. The predicted molar refractivity (Wildman–Crippen MR) is 116 cm³/mol. The summed E-state index contributed by atoms with van der Waals surface area (Å²) in [7, 11) is 0. The highest BCUT2D eigenvalue weighted by Gasteiger charge is 2.35. The Morgan fingerprint density at radius 2 is 1.94 bits per heavy atom. The Balaban J connectivity index is 1.60. The first-order valence-corrected chi connectivity index (χ1v) is 10.3. The van der Waals surface area contributed by atoms with Crippen LogP contribution in [-0.2, 0) is 11.2 Å². The van der Waals surface area contributed by atoms with Gasteiger partial charge in [0.25, 0.3) is 5.91 Å². The lowest BCUT2D eigenvalue weighted by molar-refractivity contribution is -0.113. The maximum Gasteiger partial charge on any atom is 0.255 e. The van der Waals surface area contributed by atoms with Gasteiger partial charge in [0.2, 0.25) is 5.95 Å². The first kappa shape index (κ1) is 19.2. The van der Waals surface area contributed by atoms with Crippen molar-refractivity contribution in [3.63, 3.8) is 0 Å². The number of amides is 1. The Bertz CT molecular complexity index is 1170. The number of benzene rings is 2. The summed E-state index contributed by atoms with van der Waals surface area (Å²) in [6, 6.07) is 14.7. The van der Waals surface area contributed by atoms with Crippen molar-refractivity contribution in [1.29, 1.82) is 0 Å². The third kappa shape index (κ3) is 3.50. The molecule has 1 amide bonds. The van der Waals surface area contributed by atoms with Gasteiger partial charge in [-0.1, -0.05) is 31.2 Å². The Morgan fingerprint density at radius 1 is 1.16 bits per heavy atom. The van der Waals surface area contributed by atoms with Crippen molar-refractivity contribution in [2.24, 2.45) is 0 Å². The number of carbonyl (C=O) groups is 1. The number of ether oxygens (including phenoxy) is 2. The Morgan fingerprint density at radius 3 is 2.71 bits per heavy atom. The molecule has 2 aliphatic heterocycles. The molecular weight excluding hydrogens is 394 g/mol. The fourth-order valence-electron chi connectivity index (χ4n) is 3.90. The molecule has 0 radical (unpaired) electrons. The van der Waals surface area contributed by atoms with Crippen LogP contribution in [0.4, 0.5) is 11.6 Å². The van der Waals surface area contributed by atoms with E-state index >= 15 is 0 Å². The van der Waals surface area contributed by atoms with Gasteiger partial charge in [-0.2, -0.15) is 10.1 Å². The van der Waals surface area contributed by atoms with Gasteiger partial charge in [0.1, 0.15) is 19.3 Å². The lowest BCUT2D eigenvalue weighted by Crippen LogP contribution is -2.31. The molecule has 0 saturated heterocycles. The molecule has 3 heterocycles. The van der Waals surface area contributed by atoms with Crippen LogP contribution < -0.4 is 20.1 Å². The highest BCUT2D eigenvalue weighted by Crippen LogP contribution is 2.39. The van der Waals surface area contributed by atoms with E-state index in [4.69, 9.17) is 9.47 Å². The highest BCUT2D eigenvalue weighted by molar-refractivity contribution is 6.06. The summed E-state index contributed by atoms with van der Waals surface area (Å²) in [5.74, 6) is 2.50. The first-order chi connectivity index (χ1) is 15.1. The molecule has 5 rings (SSSR count). The molecule has 2 aliphatic rings. The second-order valence-corrected chi connectivity index (χ2v) is 7.44. The number of carbonyl (C=O) groups excluding carboxylic acids is 1. The van der Waals surface area contributed by atoms with Gasteiger partial charge in [-0.3, -0.25) is 4.79 Å². The van der Waals surface area contributed by atoms with Crippen molar-refractivity contribution in [3.05, 3.63) is 71.2 Å². The van der Waals surface area contributed by atoms with Gasteiger partial charge in [0, 0.05) is 17.8 Å². The maximum absolute atomic E-state index is 13.4. The number of hydrogen-bond donors (Lipinski definition) is 2. The van der Waals surface area contributed by atoms with E-state index in [1.54, 1.807) is 4.68 Å². The Kier molecular flexibility index (Phi) is 4.82. The van der Waals surface area contributed by atoms with Gasteiger partial charge in [0.05, 0.1) is 5.57 Å². The van der Waals surface area contributed by atoms with Crippen LogP contribution in [0.5, 0.6) is 11.5 Å². The maximum atomic E-state index is 13.4. The van der Waals surface area contributed by atoms with Crippen LogP contribution in [0.1, 0.15) is 31.3 Å². The zero-order valence-corrected chi connectivity index (χ0v) is 17.4. The van der Waals surface area contributed by atoms with Crippen molar-refractivity contribution in [1.82, 2.24) is 14.8 Å². The molecule has 2 N–H and O–H groups in total. The average Bonchev–Trinajstić information content (AvgIpc) is 3.21. The van der Waals surface area contributed by atoms with Crippen molar-refractivity contribution in [2.45, 2.75) is 26.3 Å². The largest absolute Gasteiger partial charge is 0.486 e. The Hall–Kier alpha value is -3.81. The third-order valence-corrected chi connectivity index (χ3v) is 5.37. The second-order valence-electron chi connectivity index (χ2n) is 7.44. The molecule has 0 saturated carbocycles. The molecule has 8 nitrogen and oxygen atoms in total. The number of aromatic nitrogens is 3. The van der Waals surface area contributed by atoms with Crippen LogP contribution in [0.15, 0.2) is 59.8 Å². The molecular formula is C23H23N5O3. The second kappa shape index (κ2) is 7.79. The molecule has 0 spiro atoms. The van der Waals surface area contributed by atoms with E-state index in [2.05, 4.69) is 20.7 Å². The number of rotatable bonds is 4. The lowest BCUT2D eigenvalue weighted by Gasteiger charge is -2.29. The molecule has 8 heteroatoms. The molecule has 0 fully saturated rings. The van der Waals surface area contributed by atoms with Gasteiger partial charge in [0.15, 0.2) is 17.3 Å². The number of anilines is 2. The van der Waals surface area contributed by atoms with Crippen LogP contribution in [0.2, 0.25) is 0 Å². The topological polar surface area (TPSA) is 90.3 Å². The van der Waals surface area contributed by atoms with Crippen LogP contribution in [0.3, 0.4) is 0 Å². The van der Waals surface area contributed by atoms with E-state index in [1.807, 2.05) is 62.4 Å². The molecule has 0 bridgehead atoms. The van der Waals surface area contributed by atoms with Gasteiger partial charge < -0.3 is 20.1 Å². The zero-order valence-electron chi connectivity index (χ0n) is 17.4. The van der Waals surface area contributed by atoms with E-state index in [-0.39, 0.29) is 5.91 Å². The minimum absolute atomic E-state index is 0.199. The third-order valence-electron chi connectivity index (χ3n) is 5.37. The standard InChI is InChI=1S/C23H23N5O3/c1-3-19-26-23-24-14(2)20(22(29)25-16-7-5-4-6-8-16)21(28(23)27-19)15-9-10-17-18(13-15)31-12-11-30-17/h4-10,13,21H,3,11-12H2,1-2H3,(H,25,29)(H,24,26,27). The summed E-state index contributed by atoms with van der Waals surface area (Å²) in [6.07, 6.45) is 0.695. The average molecular weight is 417 g/mol. The van der Waals surface area contributed by atoms with Crippen LogP contribution in [-0.4, -0.2) is 33.9 Å². The summed E-state index contributed by atoms with van der Waals surface area (Å²) in [6.45, 7) is 4.91. The number of para-hydroxylation sites is 1. The summed E-state index contributed by atoms with van der Waals surface area (Å²) < 4.78 is 13.2. The van der Waals surface area contributed by atoms with E-state index in [0.29, 0.717) is 48.5 Å². The van der Waals surface area contributed by atoms with Crippen LogP contribution >= 0.6 is 0 Å². The number of aryl methyl sites for hydroxylation is 1. The number of allylic oxidation sites excluding steroid dienone is 1. The zero-order chi connectivity index (χ0) is 21.4. The normalized spacial score (nSPS) is 17.0. The summed E-state index contributed by atoms with van der Waals surface area (Å²) in [5.41, 5.74) is 2.90. The van der Waals surface area contributed by atoms with Crippen molar-refractivity contribution in [2.75, 3.05) is 23.8 Å². The van der Waals surface area contributed by atoms with E-state index in [0.717, 1.165) is 16.9 Å². The summed E-state index contributed by atoms with van der Waals surface area (Å²) in [5, 5.41) is 10.9. The highest BCUT2D eigenvalue weighted by atomic mass is 16.6. The smallest absolute Gasteiger partial charge is 0.255 e.